The molecular weight excluding hydrogens is 438 g/mol. The van der Waals surface area contributed by atoms with E-state index in [2.05, 4.69) is 15.3 Å². The van der Waals surface area contributed by atoms with E-state index in [0.717, 1.165) is 22.8 Å². The third kappa shape index (κ3) is 3.50. The van der Waals surface area contributed by atoms with Crippen molar-refractivity contribution in [2.75, 3.05) is 15.4 Å². The highest BCUT2D eigenvalue weighted by Gasteiger charge is 2.38. The minimum absolute atomic E-state index is 0.0117. The Kier molecular flexibility index (Phi) is 5.23. The molecule has 1 aliphatic heterocycles. The van der Waals surface area contributed by atoms with Crippen LogP contribution >= 0.6 is 0 Å². The van der Waals surface area contributed by atoms with Crippen molar-refractivity contribution < 1.29 is 17.2 Å². The molecule has 3 N–H and O–H groups in total. The standard InChI is InChI=1S/C21H16F2N6O2S/c1-12(28-21-16(10-24)20(25)26-11-27-21)18-8-13-4-2-7-17(23)19(13)32(30,31)29(18)15-6-3-5-14(22)9-15/h2-9,11-12H,1H3,(H3,25,26,27,28). The first kappa shape index (κ1) is 21.2. The molecule has 162 valence electrons. The molecule has 0 saturated carbocycles. The summed E-state index contributed by atoms with van der Waals surface area (Å²) in [5.41, 5.74) is 6.01. The fourth-order valence-corrected chi connectivity index (χ4v) is 5.25. The van der Waals surface area contributed by atoms with Crippen molar-refractivity contribution >= 4 is 33.4 Å². The highest BCUT2D eigenvalue weighted by molar-refractivity contribution is 7.93. The quantitative estimate of drug-likeness (QED) is 0.620. The van der Waals surface area contributed by atoms with Crippen LogP contribution in [0.3, 0.4) is 0 Å². The predicted molar refractivity (Wildman–Crippen MR) is 115 cm³/mol. The van der Waals surface area contributed by atoms with Crippen LogP contribution in [0.4, 0.5) is 26.1 Å². The summed E-state index contributed by atoms with van der Waals surface area (Å²) in [6, 6.07) is 9.99. The maximum atomic E-state index is 14.6. The average Bonchev–Trinajstić information content (AvgIpc) is 2.73. The topological polar surface area (TPSA) is 125 Å². The predicted octanol–water partition coefficient (Wildman–Crippen LogP) is 3.26. The van der Waals surface area contributed by atoms with E-state index < -0.39 is 32.6 Å². The number of nitriles is 1. The number of anilines is 3. The lowest BCUT2D eigenvalue weighted by atomic mass is 10.1. The molecule has 1 atom stereocenters. The first-order valence-corrected chi connectivity index (χ1v) is 10.8. The highest BCUT2D eigenvalue weighted by Crippen LogP contribution is 2.38. The second-order valence-corrected chi connectivity index (χ2v) is 8.66. The van der Waals surface area contributed by atoms with Crippen molar-refractivity contribution in [1.29, 1.82) is 5.26 Å². The van der Waals surface area contributed by atoms with Crippen LogP contribution in [-0.2, 0) is 10.0 Å². The van der Waals surface area contributed by atoms with Crippen LogP contribution < -0.4 is 15.4 Å². The Hall–Kier alpha value is -4.04. The Balaban J connectivity index is 1.89. The zero-order chi connectivity index (χ0) is 23.0. The van der Waals surface area contributed by atoms with Gasteiger partial charge in [-0.2, -0.15) is 5.26 Å². The van der Waals surface area contributed by atoms with Crippen LogP contribution in [0.2, 0.25) is 0 Å². The van der Waals surface area contributed by atoms with Crippen LogP contribution in [-0.4, -0.2) is 24.4 Å². The van der Waals surface area contributed by atoms with Gasteiger partial charge in [-0.05, 0) is 42.8 Å². The maximum Gasteiger partial charge on any atom is 0.271 e. The first-order chi connectivity index (χ1) is 15.2. The summed E-state index contributed by atoms with van der Waals surface area (Å²) in [7, 11) is -4.43. The first-order valence-electron chi connectivity index (χ1n) is 9.32. The van der Waals surface area contributed by atoms with Crippen LogP contribution in [0.1, 0.15) is 18.1 Å². The van der Waals surface area contributed by atoms with Gasteiger partial charge in [0, 0.05) is 0 Å². The summed E-state index contributed by atoms with van der Waals surface area (Å²) in [4.78, 5) is 7.27. The van der Waals surface area contributed by atoms with E-state index in [0.29, 0.717) is 0 Å². The number of halogens is 2. The average molecular weight is 454 g/mol. The van der Waals surface area contributed by atoms with Gasteiger partial charge in [0.25, 0.3) is 10.0 Å². The Morgan fingerprint density at radius 3 is 2.66 bits per heavy atom. The van der Waals surface area contributed by atoms with E-state index in [9.17, 15) is 22.5 Å². The third-order valence-electron chi connectivity index (χ3n) is 4.86. The van der Waals surface area contributed by atoms with Gasteiger partial charge in [-0.1, -0.05) is 18.2 Å². The van der Waals surface area contributed by atoms with Crippen molar-refractivity contribution in [1.82, 2.24) is 9.97 Å². The minimum atomic E-state index is -4.43. The third-order valence-corrected chi connectivity index (χ3v) is 6.71. The molecule has 0 amide bonds. The summed E-state index contributed by atoms with van der Waals surface area (Å²) in [5.74, 6) is -1.53. The van der Waals surface area contributed by atoms with Gasteiger partial charge < -0.3 is 11.1 Å². The molecule has 1 aliphatic rings. The number of aromatic nitrogens is 2. The number of nitrogen functional groups attached to an aromatic ring is 1. The van der Waals surface area contributed by atoms with Crippen molar-refractivity contribution in [3.8, 4) is 6.07 Å². The molecule has 32 heavy (non-hydrogen) atoms. The van der Waals surface area contributed by atoms with Gasteiger partial charge in [0.05, 0.1) is 17.4 Å². The molecule has 0 saturated heterocycles. The smallest absolute Gasteiger partial charge is 0.271 e. The largest absolute Gasteiger partial charge is 0.382 e. The summed E-state index contributed by atoms with van der Waals surface area (Å²) in [5, 5.41) is 12.3. The van der Waals surface area contributed by atoms with Crippen LogP contribution in [0, 0.1) is 23.0 Å². The molecule has 8 nitrogen and oxygen atoms in total. The second-order valence-electron chi connectivity index (χ2n) is 6.94. The maximum absolute atomic E-state index is 14.6. The Morgan fingerprint density at radius 2 is 1.94 bits per heavy atom. The number of hydrogen-bond donors (Lipinski definition) is 2. The zero-order valence-corrected chi connectivity index (χ0v) is 17.4. The van der Waals surface area contributed by atoms with Crippen molar-refractivity contribution in [2.24, 2.45) is 0 Å². The molecule has 11 heteroatoms. The Labute approximate surface area is 182 Å². The molecule has 3 aromatic rings. The molecule has 0 fully saturated rings. The number of rotatable bonds is 4. The highest BCUT2D eigenvalue weighted by atomic mass is 32.2. The van der Waals surface area contributed by atoms with Gasteiger partial charge in [-0.15, -0.1) is 0 Å². The molecule has 2 heterocycles. The van der Waals surface area contributed by atoms with Crippen molar-refractivity contribution in [2.45, 2.75) is 17.9 Å². The fraction of sp³-hybridized carbons (Fsp3) is 0.0952. The van der Waals surface area contributed by atoms with Gasteiger partial charge >= 0.3 is 0 Å². The molecule has 0 aliphatic carbocycles. The number of fused-ring (bicyclic) bond motifs is 1. The molecular formula is C21H16F2N6O2S. The number of nitrogens with one attached hydrogen (secondary N) is 1. The second kappa shape index (κ2) is 7.90. The van der Waals surface area contributed by atoms with Crippen molar-refractivity contribution in [3.63, 3.8) is 0 Å². The molecule has 0 spiro atoms. The Morgan fingerprint density at radius 1 is 1.19 bits per heavy atom. The SMILES string of the molecule is CC(Nc1ncnc(N)c1C#N)C1=Cc2cccc(F)c2S(=O)(=O)N1c1cccc(F)c1. The van der Waals surface area contributed by atoms with Gasteiger partial charge in [0.2, 0.25) is 0 Å². The lowest BCUT2D eigenvalue weighted by molar-refractivity contribution is 0.563. The summed E-state index contributed by atoms with van der Waals surface area (Å²) in [6.07, 6.45) is 2.64. The minimum Gasteiger partial charge on any atom is -0.382 e. The van der Waals surface area contributed by atoms with E-state index in [1.165, 1.54) is 36.4 Å². The molecule has 2 aromatic carbocycles. The number of sulfonamides is 1. The van der Waals surface area contributed by atoms with Crippen LogP contribution in [0.25, 0.3) is 6.08 Å². The summed E-state index contributed by atoms with van der Waals surface area (Å²) in [6.45, 7) is 1.62. The van der Waals surface area contributed by atoms with E-state index in [1.807, 2.05) is 6.07 Å². The summed E-state index contributed by atoms with van der Waals surface area (Å²) >= 11 is 0. The van der Waals surface area contributed by atoms with Gasteiger partial charge in [-0.25, -0.2) is 31.5 Å². The fourth-order valence-electron chi connectivity index (χ4n) is 3.45. The molecule has 0 bridgehead atoms. The van der Waals surface area contributed by atoms with E-state index in [4.69, 9.17) is 5.73 Å². The number of nitrogens with zero attached hydrogens (tertiary/aromatic N) is 4. The molecule has 4 rings (SSSR count). The van der Waals surface area contributed by atoms with Crippen LogP contribution in [0.5, 0.6) is 0 Å². The number of benzene rings is 2. The monoisotopic (exact) mass is 454 g/mol. The number of hydrogen-bond acceptors (Lipinski definition) is 7. The van der Waals surface area contributed by atoms with Crippen LogP contribution in [0.15, 0.2) is 59.4 Å². The Bertz CT molecular complexity index is 1400. The normalized spacial score (nSPS) is 15.3. The van der Waals surface area contributed by atoms with Gasteiger partial charge in [-0.3, -0.25) is 0 Å². The molecule has 0 radical (unpaired) electrons. The molecule has 1 unspecified atom stereocenters. The van der Waals surface area contributed by atoms with E-state index >= 15 is 0 Å². The van der Waals surface area contributed by atoms with E-state index in [1.54, 1.807) is 6.92 Å². The molecule has 1 aromatic heterocycles. The lowest BCUT2D eigenvalue weighted by Crippen LogP contribution is -2.40. The van der Waals surface area contributed by atoms with Crippen molar-refractivity contribution in [3.05, 3.63) is 77.3 Å². The van der Waals surface area contributed by atoms with E-state index in [-0.39, 0.29) is 34.1 Å². The van der Waals surface area contributed by atoms with Gasteiger partial charge in [0.15, 0.2) is 0 Å². The summed E-state index contributed by atoms with van der Waals surface area (Å²) < 4.78 is 56.4. The van der Waals surface area contributed by atoms with Gasteiger partial charge in [0.1, 0.15) is 46.1 Å². The lowest BCUT2D eigenvalue weighted by Gasteiger charge is -2.34. The zero-order valence-electron chi connectivity index (χ0n) is 16.6. The number of nitrogens with two attached hydrogens (primary N) is 1.